The highest BCUT2D eigenvalue weighted by molar-refractivity contribution is 5.83. The van der Waals surface area contributed by atoms with Crippen LogP contribution in [0, 0.1) is 0 Å². The van der Waals surface area contributed by atoms with E-state index in [1.54, 1.807) is 12.4 Å². The number of rotatable bonds is 5. The monoisotopic (exact) mass is 272 g/mol. The van der Waals surface area contributed by atoms with Gasteiger partial charge in [0.25, 0.3) is 0 Å². The van der Waals surface area contributed by atoms with Gasteiger partial charge in [-0.05, 0) is 18.9 Å². The van der Waals surface area contributed by atoms with Crippen LogP contribution in [0.4, 0.5) is 0 Å². The van der Waals surface area contributed by atoms with Crippen molar-refractivity contribution >= 4 is 5.97 Å². The molecule has 0 aliphatic rings. The fourth-order valence-electron chi connectivity index (χ4n) is 2.83. The SMILES string of the molecule is CCC(c1ccccc1)C(C)(C(=O)OC)c1ncc[nH]1. The maximum Gasteiger partial charge on any atom is 0.319 e. The van der Waals surface area contributed by atoms with Crippen LogP contribution in [-0.4, -0.2) is 23.0 Å². The number of H-pyrrole nitrogens is 1. The predicted molar refractivity (Wildman–Crippen MR) is 77.4 cm³/mol. The van der Waals surface area contributed by atoms with Gasteiger partial charge >= 0.3 is 5.97 Å². The molecule has 0 spiro atoms. The van der Waals surface area contributed by atoms with Crippen molar-refractivity contribution in [1.29, 1.82) is 0 Å². The number of carbonyl (C=O) groups is 1. The van der Waals surface area contributed by atoms with Gasteiger partial charge in [0, 0.05) is 18.3 Å². The molecule has 2 unspecified atom stereocenters. The minimum Gasteiger partial charge on any atom is -0.468 e. The van der Waals surface area contributed by atoms with Crippen molar-refractivity contribution in [1.82, 2.24) is 9.97 Å². The molecule has 4 nitrogen and oxygen atoms in total. The Labute approximate surface area is 119 Å². The Morgan fingerprint density at radius 3 is 2.60 bits per heavy atom. The van der Waals surface area contributed by atoms with Gasteiger partial charge in [-0.25, -0.2) is 4.98 Å². The molecule has 1 aromatic heterocycles. The standard InChI is InChI=1S/C16H20N2O2/c1-4-13(12-8-6-5-7-9-12)16(2,15(19)20-3)14-17-10-11-18-14/h5-11,13H,4H2,1-3H3,(H,17,18). The van der Waals surface area contributed by atoms with E-state index >= 15 is 0 Å². The Morgan fingerprint density at radius 2 is 2.10 bits per heavy atom. The lowest BCUT2D eigenvalue weighted by Crippen LogP contribution is -2.40. The third-order valence-electron chi connectivity index (χ3n) is 3.91. The summed E-state index contributed by atoms with van der Waals surface area (Å²) in [6.45, 7) is 3.96. The number of imidazole rings is 1. The first-order chi connectivity index (χ1) is 9.64. The van der Waals surface area contributed by atoms with Crippen LogP contribution < -0.4 is 0 Å². The Kier molecular flexibility index (Phi) is 4.23. The van der Waals surface area contributed by atoms with Crippen molar-refractivity contribution < 1.29 is 9.53 Å². The third-order valence-corrected chi connectivity index (χ3v) is 3.91. The molecule has 0 saturated heterocycles. The topological polar surface area (TPSA) is 55.0 Å². The van der Waals surface area contributed by atoms with Crippen LogP contribution in [0.3, 0.4) is 0 Å². The lowest BCUT2D eigenvalue weighted by Gasteiger charge is -2.33. The van der Waals surface area contributed by atoms with Crippen LogP contribution in [0.5, 0.6) is 0 Å². The molecule has 0 amide bonds. The van der Waals surface area contributed by atoms with Crippen molar-refractivity contribution in [3.63, 3.8) is 0 Å². The number of aromatic amines is 1. The first-order valence-electron chi connectivity index (χ1n) is 6.77. The number of carbonyl (C=O) groups excluding carboxylic acids is 1. The molecule has 0 fully saturated rings. The number of nitrogens with one attached hydrogen (secondary N) is 1. The van der Waals surface area contributed by atoms with E-state index in [1.807, 2.05) is 37.3 Å². The van der Waals surface area contributed by atoms with Gasteiger partial charge in [-0.1, -0.05) is 37.3 Å². The van der Waals surface area contributed by atoms with Gasteiger partial charge in [0.2, 0.25) is 0 Å². The van der Waals surface area contributed by atoms with E-state index in [2.05, 4.69) is 16.9 Å². The normalized spacial score (nSPS) is 15.3. The highest BCUT2D eigenvalue weighted by Gasteiger charge is 2.46. The van der Waals surface area contributed by atoms with Crippen LogP contribution in [0.1, 0.15) is 37.6 Å². The van der Waals surface area contributed by atoms with Gasteiger partial charge in [-0.15, -0.1) is 0 Å². The van der Waals surface area contributed by atoms with E-state index < -0.39 is 5.41 Å². The van der Waals surface area contributed by atoms with Crippen molar-refractivity contribution in [3.05, 3.63) is 54.1 Å². The number of esters is 1. The first kappa shape index (κ1) is 14.3. The number of methoxy groups -OCH3 is 1. The van der Waals surface area contributed by atoms with Crippen molar-refractivity contribution in [3.8, 4) is 0 Å². The summed E-state index contributed by atoms with van der Waals surface area (Å²) in [5, 5.41) is 0. The molecule has 2 rings (SSSR count). The summed E-state index contributed by atoms with van der Waals surface area (Å²) < 4.78 is 5.04. The number of nitrogens with zero attached hydrogens (tertiary/aromatic N) is 1. The number of hydrogen-bond donors (Lipinski definition) is 1. The molecule has 2 atom stereocenters. The van der Waals surface area contributed by atoms with Crippen molar-refractivity contribution in [2.24, 2.45) is 0 Å². The molecular weight excluding hydrogens is 252 g/mol. The van der Waals surface area contributed by atoms with Gasteiger partial charge in [0.1, 0.15) is 11.2 Å². The van der Waals surface area contributed by atoms with Crippen LogP contribution in [-0.2, 0) is 14.9 Å². The molecule has 0 aliphatic carbocycles. The molecular formula is C16H20N2O2. The smallest absolute Gasteiger partial charge is 0.319 e. The van der Waals surface area contributed by atoms with Crippen molar-refractivity contribution in [2.75, 3.05) is 7.11 Å². The zero-order valence-corrected chi connectivity index (χ0v) is 12.1. The average molecular weight is 272 g/mol. The van der Waals surface area contributed by atoms with Crippen LogP contribution >= 0.6 is 0 Å². The Bertz CT molecular complexity index is 551. The second-order valence-corrected chi connectivity index (χ2v) is 5.00. The lowest BCUT2D eigenvalue weighted by atomic mass is 9.71. The van der Waals surface area contributed by atoms with E-state index in [1.165, 1.54) is 7.11 Å². The molecule has 0 aliphatic heterocycles. The largest absolute Gasteiger partial charge is 0.468 e. The quantitative estimate of drug-likeness (QED) is 0.851. The second-order valence-electron chi connectivity index (χ2n) is 5.00. The van der Waals surface area contributed by atoms with Gasteiger partial charge in [0.15, 0.2) is 0 Å². The summed E-state index contributed by atoms with van der Waals surface area (Å²) in [6, 6.07) is 10.0. The minimum atomic E-state index is -0.825. The maximum absolute atomic E-state index is 12.4. The van der Waals surface area contributed by atoms with E-state index in [0.29, 0.717) is 5.82 Å². The fourth-order valence-corrected chi connectivity index (χ4v) is 2.83. The van der Waals surface area contributed by atoms with E-state index in [0.717, 1.165) is 12.0 Å². The van der Waals surface area contributed by atoms with Gasteiger partial charge in [-0.3, -0.25) is 4.79 Å². The highest BCUT2D eigenvalue weighted by atomic mass is 16.5. The first-order valence-corrected chi connectivity index (χ1v) is 6.77. The average Bonchev–Trinajstić information content (AvgIpc) is 3.02. The number of benzene rings is 1. The van der Waals surface area contributed by atoms with Crippen LogP contribution in [0.25, 0.3) is 0 Å². The maximum atomic E-state index is 12.4. The molecule has 1 heterocycles. The molecule has 1 aromatic carbocycles. The minimum absolute atomic E-state index is 0.00213. The molecule has 0 bridgehead atoms. The molecule has 1 N–H and O–H groups in total. The Balaban J connectivity index is 2.53. The summed E-state index contributed by atoms with van der Waals surface area (Å²) in [5.41, 5.74) is 0.285. The molecule has 20 heavy (non-hydrogen) atoms. The summed E-state index contributed by atoms with van der Waals surface area (Å²) in [4.78, 5) is 19.8. The Hall–Kier alpha value is -2.10. The van der Waals surface area contributed by atoms with Crippen molar-refractivity contribution in [2.45, 2.75) is 31.6 Å². The van der Waals surface area contributed by atoms with Crippen LogP contribution in [0.2, 0.25) is 0 Å². The predicted octanol–water partition coefficient (Wildman–Crippen LogP) is 3.03. The van der Waals surface area contributed by atoms with Gasteiger partial charge < -0.3 is 9.72 Å². The summed E-state index contributed by atoms with van der Waals surface area (Å²) in [5.74, 6) is 0.366. The molecule has 2 aromatic rings. The third kappa shape index (κ3) is 2.33. The zero-order chi connectivity index (χ0) is 14.6. The number of hydrogen-bond acceptors (Lipinski definition) is 3. The summed E-state index contributed by atoms with van der Waals surface area (Å²) >= 11 is 0. The Morgan fingerprint density at radius 1 is 1.40 bits per heavy atom. The molecule has 0 saturated carbocycles. The highest BCUT2D eigenvalue weighted by Crippen LogP contribution is 2.40. The number of aromatic nitrogens is 2. The van der Waals surface area contributed by atoms with E-state index in [-0.39, 0.29) is 11.9 Å². The number of ether oxygens (including phenoxy) is 1. The van der Waals surface area contributed by atoms with Gasteiger partial charge in [-0.2, -0.15) is 0 Å². The molecule has 4 heteroatoms. The molecule has 106 valence electrons. The van der Waals surface area contributed by atoms with Crippen LogP contribution in [0.15, 0.2) is 42.7 Å². The summed E-state index contributed by atoms with van der Waals surface area (Å²) in [7, 11) is 1.42. The van der Waals surface area contributed by atoms with E-state index in [9.17, 15) is 4.79 Å². The second kappa shape index (κ2) is 5.90. The zero-order valence-electron chi connectivity index (χ0n) is 12.1. The fraction of sp³-hybridized carbons (Fsp3) is 0.375. The summed E-state index contributed by atoms with van der Waals surface area (Å²) in [6.07, 6.45) is 4.21. The lowest BCUT2D eigenvalue weighted by molar-refractivity contribution is -0.148. The van der Waals surface area contributed by atoms with E-state index in [4.69, 9.17) is 4.74 Å². The molecule has 0 radical (unpaired) electrons. The van der Waals surface area contributed by atoms with Gasteiger partial charge in [0.05, 0.1) is 7.11 Å².